The third kappa shape index (κ3) is 3.65. The van der Waals surface area contributed by atoms with Crippen LogP contribution < -0.4 is 0 Å². The van der Waals surface area contributed by atoms with E-state index in [0.717, 1.165) is 12.1 Å². The van der Waals surface area contributed by atoms with Crippen molar-refractivity contribution >= 4 is 0 Å². The van der Waals surface area contributed by atoms with Gasteiger partial charge in [-0.3, -0.25) is 0 Å². The van der Waals surface area contributed by atoms with Crippen LogP contribution in [0.2, 0.25) is 0 Å². The summed E-state index contributed by atoms with van der Waals surface area (Å²) in [6.45, 7) is 4.50. The fourth-order valence-electron chi connectivity index (χ4n) is 2.17. The highest BCUT2D eigenvalue weighted by Gasteiger charge is 2.16. The smallest absolute Gasteiger partial charge is 0.159 e. The first kappa shape index (κ1) is 15.6. The van der Waals surface area contributed by atoms with E-state index in [2.05, 4.69) is 4.98 Å². The van der Waals surface area contributed by atoms with Crippen molar-refractivity contribution in [2.24, 2.45) is 0 Å². The first-order valence-corrected chi connectivity index (χ1v) is 6.78. The number of ether oxygens (including phenoxy) is 1. The van der Waals surface area contributed by atoms with Crippen LogP contribution in [0.1, 0.15) is 37.4 Å². The lowest BCUT2D eigenvalue weighted by molar-refractivity contribution is 0.0644. The molecule has 6 heteroatoms. The molecule has 0 aliphatic rings. The Kier molecular flexibility index (Phi) is 5.03. The summed E-state index contributed by atoms with van der Waals surface area (Å²) in [4.78, 5) is 4.21. The Balaban J connectivity index is 2.14. The summed E-state index contributed by atoms with van der Waals surface area (Å²) in [5.41, 5.74) is 0.317. The molecule has 0 aliphatic heterocycles. The molecule has 0 aliphatic carbocycles. The number of hydrogen-bond acceptors (Lipinski definition) is 3. The molecule has 2 unspecified atom stereocenters. The molecule has 1 heterocycles. The summed E-state index contributed by atoms with van der Waals surface area (Å²) in [6.07, 6.45) is 2.17. The zero-order valence-electron chi connectivity index (χ0n) is 12.0. The van der Waals surface area contributed by atoms with Crippen molar-refractivity contribution in [3.8, 4) is 0 Å². The second kappa shape index (κ2) is 6.78. The van der Waals surface area contributed by atoms with Crippen LogP contribution in [0.5, 0.6) is 0 Å². The number of aliphatic hydroxyl groups excluding tert-OH is 1. The van der Waals surface area contributed by atoms with E-state index >= 15 is 0 Å². The highest BCUT2D eigenvalue weighted by atomic mass is 19.2. The summed E-state index contributed by atoms with van der Waals surface area (Å²) >= 11 is 0. The van der Waals surface area contributed by atoms with E-state index in [4.69, 9.17) is 4.74 Å². The Bertz CT molecular complexity index is 601. The van der Waals surface area contributed by atoms with Gasteiger partial charge in [-0.1, -0.05) is 6.07 Å². The van der Waals surface area contributed by atoms with Crippen molar-refractivity contribution < 1.29 is 18.6 Å². The summed E-state index contributed by atoms with van der Waals surface area (Å²) in [7, 11) is 0. The molecule has 1 aromatic heterocycles. The van der Waals surface area contributed by atoms with Gasteiger partial charge in [0.2, 0.25) is 0 Å². The first-order chi connectivity index (χ1) is 10.0. The Morgan fingerprint density at radius 3 is 2.76 bits per heavy atom. The minimum atomic E-state index is -0.972. The van der Waals surface area contributed by atoms with E-state index < -0.39 is 17.7 Å². The molecule has 2 aromatic rings. The fraction of sp³-hybridized carbons (Fsp3) is 0.400. The number of aromatic nitrogens is 2. The van der Waals surface area contributed by atoms with Gasteiger partial charge < -0.3 is 14.4 Å². The van der Waals surface area contributed by atoms with Crippen LogP contribution in [0.3, 0.4) is 0 Å². The number of hydrogen-bond donors (Lipinski definition) is 1. The summed E-state index contributed by atoms with van der Waals surface area (Å²) in [5, 5.41) is 10.2. The highest BCUT2D eigenvalue weighted by Crippen LogP contribution is 2.21. The predicted octanol–water partition coefficient (Wildman–Crippen LogP) is 2.99. The Hall–Kier alpha value is -1.79. The van der Waals surface area contributed by atoms with E-state index in [9.17, 15) is 13.9 Å². The van der Waals surface area contributed by atoms with Crippen molar-refractivity contribution in [1.82, 2.24) is 9.55 Å². The number of imidazole rings is 1. The Labute approximate surface area is 122 Å². The average molecular weight is 296 g/mol. The van der Waals surface area contributed by atoms with Crippen LogP contribution in [0.25, 0.3) is 0 Å². The monoisotopic (exact) mass is 296 g/mol. The van der Waals surface area contributed by atoms with Crippen LogP contribution in [0.4, 0.5) is 8.78 Å². The molecule has 0 bridgehead atoms. The molecule has 0 saturated carbocycles. The topological polar surface area (TPSA) is 47.3 Å². The van der Waals surface area contributed by atoms with Gasteiger partial charge in [0.25, 0.3) is 0 Å². The Morgan fingerprint density at radius 1 is 1.33 bits per heavy atom. The minimum Gasteiger partial charge on any atom is -0.387 e. The molecule has 4 nitrogen and oxygen atoms in total. The van der Waals surface area contributed by atoms with Crippen molar-refractivity contribution in [3.63, 3.8) is 0 Å². The lowest BCUT2D eigenvalue weighted by Gasteiger charge is -2.17. The van der Waals surface area contributed by atoms with E-state index in [1.807, 2.05) is 13.8 Å². The predicted molar refractivity (Wildman–Crippen MR) is 73.6 cm³/mol. The number of nitrogens with zero attached hydrogens (tertiary/aromatic N) is 2. The van der Waals surface area contributed by atoms with Crippen molar-refractivity contribution in [2.75, 3.05) is 6.61 Å². The second-order valence-electron chi connectivity index (χ2n) is 4.72. The van der Waals surface area contributed by atoms with E-state index in [1.165, 1.54) is 6.07 Å². The number of halogens is 2. The van der Waals surface area contributed by atoms with Crippen molar-refractivity contribution in [3.05, 3.63) is 53.6 Å². The maximum absolute atomic E-state index is 13.2. The molecule has 2 rings (SSSR count). The minimum absolute atomic E-state index is 0.192. The molecule has 0 saturated heterocycles. The lowest BCUT2D eigenvalue weighted by atomic mass is 10.1. The third-order valence-corrected chi connectivity index (χ3v) is 3.23. The van der Waals surface area contributed by atoms with Crippen molar-refractivity contribution in [1.29, 1.82) is 0 Å². The standard InChI is InChI=1S/C15H18F2N2O2/c1-3-21-10(2)15-18-6-7-19(15)9-14(20)11-4-5-12(16)13(17)8-11/h4-8,10,14,20H,3,9H2,1-2H3. The highest BCUT2D eigenvalue weighted by molar-refractivity contribution is 5.20. The van der Waals surface area contributed by atoms with Crippen LogP contribution in [-0.2, 0) is 11.3 Å². The molecule has 2 atom stereocenters. The quantitative estimate of drug-likeness (QED) is 0.891. The summed E-state index contributed by atoms with van der Waals surface area (Å²) in [5.74, 6) is -1.22. The SMILES string of the molecule is CCOC(C)c1nccn1CC(O)c1ccc(F)c(F)c1. The maximum Gasteiger partial charge on any atom is 0.159 e. The van der Waals surface area contributed by atoms with E-state index in [0.29, 0.717) is 18.0 Å². The van der Waals surface area contributed by atoms with E-state index in [-0.39, 0.29) is 12.6 Å². The average Bonchev–Trinajstić information content (AvgIpc) is 2.90. The van der Waals surface area contributed by atoms with Gasteiger partial charge in [-0.05, 0) is 31.5 Å². The summed E-state index contributed by atoms with van der Waals surface area (Å²) in [6, 6.07) is 3.37. The molecule has 0 radical (unpaired) electrons. The molecule has 0 spiro atoms. The normalized spacial score (nSPS) is 14.1. The molecular weight excluding hydrogens is 278 g/mol. The Morgan fingerprint density at radius 2 is 2.10 bits per heavy atom. The van der Waals surface area contributed by atoms with Gasteiger partial charge >= 0.3 is 0 Å². The van der Waals surface area contributed by atoms with Crippen molar-refractivity contribution in [2.45, 2.75) is 32.6 Å². The van der Waals surface area contributed by atoms with Crippen LogP contribution in [0.15, 0.2) is 30.6 Å². The van der Waals surface area contributed by atoms with Crippen LogP contribution in [0, 0.1) is 11.6 Å². The van der Waals surface area contributed by atoms with Gasteiger partial charge in [-0.2, -0.15) is 0 Å². The second-order valence-corrected chi connectivity index (χ2v) is 4.72. The molecule has 21 heavy (non-hydrogen) atoms. The molecule has 1 N–H and O–H groups in total. The number of benzene rings is 1. The maximum atomic E-state index is 13.2. The number of aliphatic hydroxyl groups is 1. The summed E-state index contributed by atoms with van der Waals surface area (Å²) < 4.78 is 33.3. The van der Waals surface area contributed by atoms with Crippen LogP contribution >= 0.6 is 0 Å². The molecule has 0 amide bonds. The van der Waals surface area contributed by atoms with Gasteiger partial charge in [0, 0.05) is 19.0 Å². The zero-order chi connectivity index (χ0) is 15.4. The van der Waals surface area contributed by atoms with Gasteiger partial charge in [0.15, 0.2) is 11.6 Å². The van der Waals surface area contributed by atoms with Gasteiger partial charge in [-0.15, -0.1) is 0 Å². The van der Waals surface area contributed by atoms with Gasteiger partial charge in [0.1, 0.15) is 11.9 Å². The largest absolute Gasteiger partial charge is 0.387 e. The number of rotatable bonds is 6. The van der Waals surface area contributed by atoms with Gasteiger partial charge in [-0.25, -0.2) is 13.8 Å². The fourth-order valence-corrected chi connectivity index (χ4v) is 2.17. The molecular formula is C15H18F2N2O2. The first-order valence-electron chi connectivity index (χ1n) is 6.78. The third-order valence-electron chi connectivity index (χ3n) is 3.23. The zero-order valence-corrected chi connectivity index (χ0v) is 12.0. The lowest BCUT2D eigenvalue weighted by Crippen LogP contribution is -2.14. The molecule has 0 fully saturated rings. The van der Waals surface area contributed by atoms with E-state index in [1.54, 1.807) is 17.0 Å². The van der Waals surface area contributed by atoms with Crippen LogP contribution in [-0.4, -0.2) is 21.3 Å². The molecule has 1 aromatic carbocycles. The molecule has 114 valence electrons. The van der Waals surface area contributed by atoms with Gasteiger partial charge in [0.05, 0.1) is 12.6 Å².